The second kappa shape index (κ2) is 9.59. The molecule has 9 nitrogen and oxygen atoms in total. The van der Waals surface area contributed by atoms with Gasteiger partial charge in [0, 0.05) is 56.7 Å². The van der Waals surface area contributed by atoms with Gasteiger partial charge in [-0.05, 0) is 98.1 Å². The summed E-state index contributed by atoms with van der Waals surface area (Å²) in [5.74, 6) is 2.15. The Labute approximate surface area is 248 Å². The molecule has 224 valence electrons. The summed E-state index contributed by atoms with van der Waals surface area (Å²) in [5, 5.41) is 14.4. The van der Waals surface area contributed by atoms with Gasteiger partial charge in [0.05, 0.1) is 23.2 Å². The average molecular weight is 592 g/mol. The molecule has 3 heterocycles. The summed E-state index contributed by atoms with van der Waals surface area (Å²) in [6.45, 7) is 4.32. The minimum atomic E-state index is -3.12. The molecule has 7 atom stereocenters. The van der Waals surface area contributed by atoms with E-state index in [9.17, 15) is 18.3 Å². The maximum absolute atomic E-state index is 13.7. The van der Waals surface area contributed by atoms with Gasteiger partial charge in [0.15, 0.2) is 0 Å². The minimum absolute atomic E-state index is 0.0177. The molecule has 7 aliphatic rings. The third kappa shape index (κ3) is 4.48. The molecule has 42 heavy (non-hydrogen) atoms. The lowest BCUT2D eigenvalue weighted by Gasteiger charge is -2.58. The number of sulfonamides is 1. The van der Waals surface area contributed by atoms with Gasteiger partial charge in [-0.1, -0.05) is 12.1 Å². The van der Waals surface area contributed by atoms with Crippen LogP contribution < -0.4 is 20.0 Å². The lowest BCUT2D eigenvalue weighted by atomic mass is 9.52. The lowest BCUT2D eigenvalue weighted by molar-refractivity contribution is -0.136. The number of rotatable bonds is 4. The van der Waals surface area contributed by atoms with Crippen molar-refractivity contribution in [1.82, 2.24) is 9.62 Å². The molecule has 2 N–H and O–H groups in total. The SMILES string of the molecule is CS(=O)(=O)N1C[C@H]2CN(c3ccc(N4CCN(C(=O)NC5[C@@H]6CC7C[C@H]5CC(O)(C7)C6)c5ccccc54)cc3)C[C@@H]2C1. The number of para-hydroxylation sites is 2. The number of fused-ring (bicyclic) bond motifs is 2. The topological polar surface area (TPSA) is 96.4 Å². The zero-order valence-electron chi connectivity index (χ0n) is 24.2. The minimum Gasteiger partial charge on any atom is -0.390 e. The van der Waals surface area contributed by atoms with Crippen molar-refractivity contribution >= 4 is 38.8 Å². The van der Waals surface area contributed by atoms with Crippen molar-refractivity contribution in [2.75, 3.05) is 60.2 Å². The summed E-state index contributed by atoms with van der Waals surface area (Å²) < 4.78 is 25.6. The molecule has 2 amide bonds. The maximum Gasteiger partial charge on any atom is 0.322 e. The number of urea groups is 1. The van der Waals surface area contributed by atoms with Crippen LogP contribution in [0.3, 0.4) is 0 Å². The fourth-order valence-electron chi connectivity index (χ4n) is 9.55. The van der Waals surface area contributed by atoms with Gasteiger partial charge < -0.3 is 20.2 Å². The van der Waals surface area contributed by atoms with Gasteiger partial charge >= 0.3 is 6.03 Å². The molecule has 2 saturated heterocycles. The zero-order valence-corrected chi connectivity index (χ0v) is 25.0. The Morgan fingerprint density at radius 2 is 1.45 bits per heavy atom. The molecule has 3 unspecified atom stereocenters. The fraction of sp³-hybridized carbons (Fsp3) is 0.594. The highest BCUT2D eigenvalue weighted by molar-refractivity contribution is 7.88. The van der Waals surface area contributed by atoms with E-state index in [0.29, 0.717) is 55.8 Å². The molecular formula is C32H41N5O4S. The van der Waals surface area contributed by atoms with Crippen molar-refractivity contribution < 1.29 is 18.3 Å². The number of carbonyl (C=O) groups is 1. The van der Waals surface area contributed by atoms with E-state index in [4.69, 9.17) is 0 Å². The van der Waals surface area contributed by atoms with Crippen LogP contribution in [0.25, 0.3) is 0 Å². The predicted molar refractivity (Wildman–Crippen MR) is 164 cm³/mol. The van der Waals surface area contributed by atoms with Crippen LogP contribution in [0, 0.1) is 29.6 Å². The van der Waals surface area contributed by atoms with E-state index >= 15 is 0 Å². The molecule has 4 saturated carbocycles. The van der Waals surface area contributed by atoms with Crippen molar-refractivity contribution in [2.24, 2.45) is 29.6 Å². The van der Waals surface area contributed by atoms with Gasteiger partial charge in [0.25, 0.3) is 0 Å². The highest BCUT2D eigenvalue weighted by atomic mass is 32.2. The van der Waals surface area contributed by atoms with Crippen LogP contribution in [-0.2, 0) is 10.0 Å². The number of hydrogen-bond acceptors (Lipinski definition) is 6. The first kappa shape index (κ1) is 26.8. The Morgan fingerprint density at radius 1 is 0.833 bits per heavy atom. The molecule has 10 heteroatoms. The Balaban J connectivity index is 0.956. The summed E-state index contributed by atoms with van der Waals surface area (Å²) >= 11 is 0. The molecule has 6 fully saturated rings. The molecule has 3 aliphatic heterocycles. The van der Waals surface area contributed by atoms with Crippen molar-refractivity contribution in [3.63, 3.8) is 0 Å². The Hall–Kier alpha value is -2.82. The Bertz CT molecular complexity index is 1470. The van der Waals surface area contributed by atoms with Crippen LogP contribution in [0.4, 0.5) is 27.5 Å². The molecule has 0 radical (unpaired) electrons. The fourth-order valence-corrected chi connectivity index (χ4v) is 10.5. The van der Waals surface area contributed by atoms with Crippen LogP contribution in [0.2, 0.25) is 0 Å². The zero-order chi connectivity index (χ0) is 28.8. The van der Waals surface area contributed by atoms with Crippen molar-refractivity contribution in [1.29, 1.82) is 0 Å². The molecule has 9 rings (SSSR count). The molecular weight excluding hydrogens is 550 g/mol. The van der Waals surface area contributed by atoms with E-state index in [-0.39, 0.29) is 12.1 Å². The van der Waals surface area contributed by atoms with E-state index in [1.54, 1.807) is 4.31 Å². The number of nitrogens with one attached hydrogen (secondary N) is 1. The van der Waals surface area contributed by atoms with E-state index in [2.05, 4.69) is 45.4 Å². The Kier molecular flexibility index (Phi) is 6.12. The van der Waals surface area contributed by atoms with Crippen LogP contribution in [0.15, 0.2) is 48.5 Å². The molecule has 2 aromatic carbocycles. The number of nitrogens with zero attached hydrogens (tertiary/aromatic N) is 4. The third-order valence-corrected chi connectivity index (χ3v) is 12.5. The maximum atomic E-state index is 13.7. The summed E-state index contributed by atoms with van der Waals surface area (Å²) in [6.07, 6.45) is 6.15. The van der Waals surface area contributed by atoms with Gasteiger partial charge in [-0.25, -0.2) is 17.5 Å². The van der Waals surface area contributed by atoms with E-state index in [0.717, 1.165) is 62.3 Å². The number of hydrogen-bond donors (Lipinski definition) is 2. The number of anilines is 4. The number of amides is 2. The van der Waals surface area contributed by atoms with Crippen molar-refractivity contribution in [2.45, 2.75) is 43.7 Å². The largest absolute Gasteiger partial charge is 0.390 e. The van der Waals surface area contributed by atoms with Gasteiger partial charge in [0.1, 0.15) is 0 Å². The summed E-state index contributed by atoms with van der Waals surface area (Å²) in [6, 6.07) is 17.0. The number of benzene rings is 2. The van der Waals surface area contributed by atoms with Crippen LogP contribution in [0.1, 0.15) is 32.1 Å². The Morgan fingerprint density at radius 3 is 2.07 bits per heavy atom. The second-order valence-corrected chi connectivity index (χ2v) is 16.0. The summed E-state index contributed by atoms with van der Waals surface area (Å²) in [7, 11) is -3.12. The molecule has 0 spiro atoms. The predicted octanol–water partition coefficient (Wildman–Crippen LogP) is 3.62. The lowest BCUT2D eigenvalue weighted by Crippen LogP contribution is -2.63. The first-order chi connectivity index (χ1) is 20.1. The van der Waals surface area contributed by atoms with Crippen LogP contribution in [0.5, 0.6) is 0 Å². The first-order valence-corrected chi connectivity index (χ1v) is 17.5. The van der Waals surface area contributed by atoms with Crippen LogP contribution in [-0.4, -0.2) is 81.0 Å². The van der Waals surface area contributed by atoms with E-state index in [1.807, 2.05) is 23.1 Å². The standard InChI is InChI=1S/C32H41N5O4S/c1-42(40,41)35-19-24-17-34(18-25(24)20-35)26-6-8-27(9-7-26)36-10-11-37(29-5-3-2-4-28(29)36)31(38)33-30-22-12-21-13-23(30)16-32(39,14-21)15-22/h2-9,21-25,30,39H,10-20H2,1H3,(H,33,38)/t21?,22-,23+,24-,25-,30?,32?/m1/s1. The number of carbonyl (C=O) groups excluding carboxylic acids is 1. The molecule has 4 aliphatic carbocycles. The molecule has 0 aromatic heterocycles. The van der Waals surface area contributed by atoms with Gasteiger partial charge in [0.2, 0.25) is 10.0 Å². The summed E-state index contributed by atoms with van der Waals surface area (Å²) in [5.41, 5.74) is 3.73. The van der Waals surface area contributed by atoms with E-state index in [1.165, 1.54) is 11.9 Å². The summed E-state index contributed by atoms with van der Waals surface area (Å²) in [4.78, 5) is 20.3. The van der Waals surface area contributed by atoms with Gasteiger partial charge in [-0.2, -0.15) is 0 Å². The van der Waals surface area contributed by atoms with E-state index < -0.39 is 15.6 Å². The first-order valence-electron chi connectivity index (χ1n) is 15.6. The normalized spacial score (nSPS) is 35.4. The smallest absolute Gasteiger partial charge is 0.322 e. The molecule has 4 bridgehead atoms. The second-order valence-electron chi connectivity index (χ2n) is 14.0. The van der Waals surface area contributed by atoms with Gasteiger partial charge in [-0.3, -0.25) is 4.90 Å². The highest BCUT2D eigenvalue weighted by Gasteiger charge is 2.55. The highest BCUT2D eigenvalue weighted by Crippen LogP contribution is 2.55. The number of aliphatic hydroxyl groups is 1. The third-order valence-electron chi connectivity index (χ3n) is 11.2. The monoisotopic (exact) mass is 591 g/mol. The van der Waals surface area contributed by atoms with Gasteiger partial charge in [-0.15, -0.1) is 0 Å². The quantitative estimate of drug-likeness (QED) is 0.564. The van der Waals surface area contributed by atoms with Crippen LogP contribution >= 0.6 is 0 Å². The van der Waals surface area contributed by atoms with Crippen molar-refractivity contribution in [3.05, 3.63) is 48.5 Å². The molecule has 2 aromatic rings. The van der Waals surface area contributed by atoms with Crippen molar-refractivity contribution in [3.8, 4) is 0 Å². The average Bonchev–Trinajstić information content (AvgIpc) is 3.54.